The molecule has 17 atom stereocenters. The fourth-order valence-corrected chi connectivity index (χ4v) is 11.9. The quantitative estimate of drug-likeness (QED) is 0.0288. The van der Waals surface area contributed by atoms with E-state index in [0.29, 0.717) is 5.56 Å². The number of nitrogens with one attached hydrogen (secondary N) is 13. The standard InChI is InChI=1S/C73H115N17O26/c1-32(2)25-43(63(105)82-46(30-54(97)98)66(108)83-47(31-55(99)100)67(109)86-49(73(115)116)28-40-17-14-13-15-18-40)81-65(107)45(29-53(95)96)80-60(102)37(10)77-59(101)36(9)78-68(110)50-19-16-24-90(50)72(114)48(27-34(5)6)85-64(106)44(26-33(3)4)84-70(112)57(38(11)91)89-69(111)56(35(7)8)87-71(113)58(39(12)92)88-62(104)42(21-23-52(76)94)79-61(103)41(74)20-22-51(75)93/h13-15,17-18,32-39,41-50,56-58,91-92H,16,19-31,74H2,1-12H3,(H2,75,93)(H2,76,94)(H,77,101)(H,78,110)(H,79,103)(H,80,102)(H,81,107)(H,82,105)(H,83,108)(H,84,112)(H,85,106)(H,86,109)(H,87,113)(H,88,104)(H,89,111)(H,95,96)(H,97,98)(H,99,100)(H,115,116)/t36-,37-,38+,39+,41-,42-,43-,44-,45-,46-,47-,48-,49-,50-,56-,57-,58-/m0/s1. The van der Waals surface area contributed by atoms with Gasteiger partial charge < -0.3 is 122 Å². The van der Waals surface area contributed by atoms with Gasteiger partial charge in [0.1, 0.15) is 84.6 Å². The fourth-order valence-electron chi connectivity index (χ4n) is 11.9. The van der Waals surface area contributed by atoms with Gasteiger partial charge in [-0.1, -0.05) is 85.7 Å². The second kappa shape index (κ2) is 48.7. The third kappa shape index (κ3) is 35.5. The molecule has 0 spiro atoms. The second-order valence-electron chi connectivity index (χ2n) is 30.2. The molecule has 1 fully saturated rings. The molecule has 1 saturated heterocycles. The fraction of sp³-hybridized carbons (Fsp3) is 0.644. The molecule has 0 aliphatic carbocycles. The zero-order chi connectivity index (χ0) is 88.5. The van der Waals surface area contributed by atoms with Crippen molar-refractivity contribution in [3.05, 3.63) is 35.9 Å². The molecule has 1 heterocycles. The highest BCUT2D eigenvalue weighted by Gasteiger charge is 2.43. The first kappa shape index (κ1) is 101. The van der Waals surface area contributed by atoms with E-state index < -0.39 is 265 Å². The number of carbonyl (C=O) groups excluding carboxylic acids is 16. The average molecular weight is 1650 g/mol. The van der Waals surface area contributed by atoms with Crippen molar-refractivity contribution in [2.75, 3.05) is 6.54 Å². The van der Waals surface area contributed by atoms with Crippen LogP contribution < -0.4 is 86.3 Å². The first-order valence-corrected chi connectivity index (χ1v) is 37.8. The van der Waals surface area contributed by atoms with Crippen LogP contribution in [0.25, 0.3) is 0 Å². The van der Waals surface area contributed by atoms with Gasteiger partial charge in [-0.3, -0.25) is 91.1 Å². The SMILES string of the molecule is CC(C)C[C@H](NC(=O)[C@H](CC(=O)O)NC(=O)[C@H](C)NC(=O)[C@H](C)NC(=O)[C@@H]1CCCN1C(=O)[C@H](CC(C)C)NC(=O)[C@H](CC(C)C)NC(=O)[C@@H](NC(=O)[C@@H](NC(=O)[C@@H](NC(=O)[C@H](CCC(N)=O)NC(=O)[C@@H](N)CCC(N)=O)[C@@H](C)O)C(C)C)[C@@H](C)O)C(=O)N[C@@H](CC(=O)O)C(=O)N[C@@H](CC(=O)O)C(=O)N[C@@H](Cc1ccccc1)C(=O)O. The van der Waals surface area contributed by atoms with Crippen LogP contribution in [0.4, 0.5) is 0 Å². The van der Waals surface area contributed by atoms with Crippen molar-refractivity contribution in [3.63, 3.8) is 0 Å². The molecule has 0 radical (unpaired) electrons. The second-order valence-corrected chi connectivity index (χ2v) is 30.2. The minimum atomic E-state index is -2.10. The van der Waals surface area contributed by atoms with Gasteiger partial charge >= 0.3 is 23.9 Å². The highest BCUT2D eigenvalue weighted by Crippen LogP contribution is 2.22. The van der Waals surface area contributed by atoms with E-state index >= 15 is 0 Å². The number of aliphatic carboxylic acids is 4. The molecule has 0 bridgehead atoms. The van der Waals surface area contributed by atoms with Crippen LogP contribution in [0.5, 0.6) is 0 Å². The highest BCUT2D eigenvalue weighted by atomic mass is 16.4. The van der Waals surface area contributed by atoms with Gasteiger partial charge in [-0.05, 0) is 102 Å². The van der Waals surface area contributed by atoms with E-state index in [1.54, 1.807) is 71.9 Å². The van der Waals surface area contributed by atoms with Crippen molar-refractivity contribution < 1.29 is 127 Å². The molecule has 16 amide bonds. The number of hydrogen-bond acceptors (Lipinski definition) is 23. The number of carboxylic acids is 4. The highest BCUT2D eigenvalue weighted by molar-refractivity contribution is 6.02. The number of aliphatic hydroxyl groups is 2. The van der Waals surface area contributed by atoms with Gasteiger partial charge in [0.15, 0.2) is 0 Å². The van der Waals surface area contributed by atoms with Crippen molar-refractivity contribution in [1.29, 1.82) is 0 Å². The van der Waals surface area contributed by atoms with Gasteiger partial charge in [-0.15, -0.1) is 0 Å². The molecule has 0 unspecified atom stereocenters. The summed E-state index contributed by atoms with van der Waals surface area (Å²) >= 11 is 0. The Morgan fingerprint density at radius 2 is 0.741 bits per heavy atom. The Labute approximate surface area is 669 Å². The zero-order valence-electron chi connectivity index (χ0n) is 66.9. The van der Waals surface area contributed by atoms with Crippen molar-refractivity contribution in [1.82, 2.24) is 74.0 Å². The maximum absolute atomic E-state index is 14.6. The van der Waals surface area contributed by atoms with E-state index in [0.717, 1.165) is 20.8 Å². The molecule has 1 aromatic carbocycles. The summed E-state index contributed by atoms with van der Waals surface area (Å²) in [5.41, 5.74) is 16.7. The van der Waals surface area contributed by atoms with Crippen LogP contribution in [0.1, 0.15) is 166 Å². The molecular formula is C73H115N17O26. The van der Waals surface area contributed by atoms with Crippen LogP contribution in [0, 0.1) is 23.7 Å². The average Bonchev–Trinajstić information content (AvgIpc) is 1.59. The number of rotatable bonds is 51. The molecule has 0 saturated carbocycles. The van der Waals surface area contributed by atoms with Crippen LogP contribution in [-0.4, -0.2) is 263 Å². The Bertz CT molecular complexity index is 3670. The van der Waals surface area contributed by atoms with E-state index in [9.17, 15) is 127 Å². The first-order chi connectivity index (χ1) is 53.9. The number of benzene rings is 1. The predicted octanol–water partition coefficient (Wildman–Crippen LogP) is -6.51. The minimum Gasteiger partial charge on any atom is -0.481 e. The lowest BCUT2D eigenvalue weighted by atomic mass is 9.98. The van der Waals surface area contributed by atoms with Gasteiger partial charge in [0.25, 0.3) is 0 Å². The third-order valence-corrected chi connectivity index (χ3v) is 18.0. The summed E-state index contributed by atoms with van der Waals surface area (Å²) in [5.74, 6) is -25.5. The van der Waals surface area contributed by atoms with Crippen LogP contribution in [0.15, 0.2) is 30.3 Å². The summed E-state index contributed by atoms with van der Waals surface area (Å²) in [6, 6.07) is -16.9. The van der Waals surface area contributed by atoms with Gasteiger partial charge in [0.05, 0.1) is 37.5 Å². The Balaban J connectivity index is 2.30. The predicted molar refractivity (Wildman–Crippen MR) is 407 cm³/mol. The molecule has 25 N–H and O–H groups in total. The summed E-state index contributed by atoms with van der Waals surface area (Å²) in [6.07, 6.45) is -8.59. The summed E-state index contributed by atoms with van der Waals surface area (Å²) in [5, 5.41) is 90.9. The van der Waals surface area contributed by atoms with E-state index in [2.05, 4.69) is 63.8 Å². The molecule has 43 heteroatoms. The molecule has 1 aliphatic heterocycles. The number of nitrogens with two attached hydrogens (primary N) is 3. The molecule has 648 valence electrons. The number of nitrogens with zero attached hydrogens (tertiary/aromatic N) is 1. The molecular weight excluding hydrogens is 1530 g/mol. The van der Waals surface area contributed by atoms with E-state index in [4.69, 9.17) is 17.2 Å². The summed E-state index contributed by atoms with van der Waals surface area (Å²) in [4.78, 5) is 266. The Morgan fingerprint density at radius 3 is 1.17 bits per heavy atom. The third-order valence-electron chi connectivity index (χ3n) is 18.0. The normalized spacial score (nSPS) is 16.7. The monoisotopic (exact) mass is 1650 g/mol. The maximum Gasteiger partial charge on any atom is 0.326 e. The molecule has 1 aliphatic rings. The van der Waals surface area contributed by atoms with Gasteiger partial charge in [0.2, 0.25) is 94.5 Å². The molecule has 1 aromatic rings. The van der Waals surface area contributed by atoms with Crippen molar-refractivity contribution >= 4 is 118 Å². The molecule has 0 aromatic heterocycles. The van der Waals surface area contributed by atoms with E-state index in [1.165, 1.54) is 25.7 Å². The summed E-state index contributed by atoms with van der Waals surface area (Å²) in [6.45, 7) is 17.5. The molecule has 43 nitrogen and oxygen atoms in total. The molecule has 2 rings (SSSR count). The number of likely N-dealkylation sites (tertiary alicyclic amines) is 1. The summed E-state index contributed by atoms with van der Waals surface area (Å²) < 4.78 is 0. The van der Waals surface area contributed by atoms with Crippen LogP contribution in [0.3, 0.4) is 0 Å². The van der Waals surface area contributed by atoms with Crippen molar-refractivity contribution in [2.45, 2.75) is 269 Å². The first-order valence-electron chi connectivity index (χ1n) is 37.8. The Kier molecular flexibility index (Phi) is 42.2. The maximum atomic E-state index is 14.6. The number of carboxylic acid groups (broad SMARTS) is 4. The lowest BCUT2D eigenvalue weighted by molar-refractivity contribution is -0.145. The lowest BCUT2D eigenvalue weighted by Crippen LogP contribution is -2.63. The number of aliphatic hydroxyl groups excluding tert-OH is 2. The zero-order valence-corrected chi connectivity index (χ0v) is 66.9. The number of carbonyl (C=O) groups is 20. The Hall–Kier alpha value is -11.5. The van der Waals surface area contributed by atoms with Crippen molar-refractivity contribution in [3.8, 4) is 0 Å². The largest absolute Gasteiger partial charge is 0.481 e. The van der Waals surface area contributed by atoms with E-state index in [1.807, 2.05) is 5.32 Å². The smallest absolute Gasteiger partial charge is 0.326 e. The minimum absolute atomic E-state index is 0.0209. The van der Waals surface area contributed by atoms with E-state index in [-0.39, 0.29) is 69.7 Å². The Morgan fingerprint density at radius 1 is 0.397 bits per heavy atom. The van der Waals surface area contributed by atoms with Crippen molar-refractivity contribution in [2.24, 2.45) is 40.9 Å². The molecule has 116 heavy (non-hydrogen) atoms. The van der Waals surface area contributed by atoms with Gasteiger partial charge in [-0.25, -0.2) is 4.79 Å². The van der Waals surface area contributed by atoms with Gasteiger partial charge in [-0.2, -0.15) is 0 Å². The summed E-state index contributed by atoms with van der Waals surface area (Å²) in [7, 11) is 0. The number of primary amides is 2. The van der Waals surface area contributed by atoms with Crippen LogP contribution in [0.2, 0.25) is 0 Å². The number of hydrogen-bond donors (Lipinski definition) is 22. The van der Waals surface area contributed by atoms with Crippen LogP contribution >= 0.6 is 0 Å². The van der Waals surface area contributed by atoms with Crippen LogP contribution in [-0.2, 0) is 102 Å². The van der Waals surface area contributed by atoms with Gasteiger partial charge in [0, 0.05) is 25.8 Å². The lowest BCUT2D eigenvalue weighted by Gasteiger charge is -2.32. The topological polar surface area (TPSA) is 700 Å². The number of amides is 16.